The van der Waals surface area contributed by atoms with Gasteiger partial charge in [0.25, 0.3) is 0 Å². The molecule has 12 nitrogen and oxygen atoms in total. The van der Waals surface area contributed by atoms with Crippen molar-refractivity contribution >= 4 is 29.6 Å². The Bertz CT molecular complexity index is 1320. The predicted octanol–water partition coefficient (Wildman–Crippen LogP) is 0.561. The number of aliphatic carboxylic acids is 1. The molecule has 2 heterocycles. The molecule has 2 aliphatic rings. The van der Waals surface area contributed by atoms with E-state index in [1.165, 1.54) is 21.9 Å². The van der Waals surface area contributed by atoms with E-state index in [2.05, 4.69) is 10.6 Å². The summed E-state index contributed by atoms with van der Waals surface area (Å²) >= 11 is 0. The molecule has 2 aromatic carbocycles. The van der Waals surface area contributed by atoms with Gasteiger partial charge in [0.2, 0.25) is 23.6 Å². The predicted molar refractivity (Wildman–Crippen MR) is 157 cm³/mol. The molecule has 12 heteroatoms. The molecule has 0 radical (unpaired) electrons. The molecule has 230 valence electrons. The number of carbonyl (C=O) groups is 5. The van der Waals surface area contributed by atoms with Gasteiger partial charge in [0.05, 0.1) is 6.04 Å². The zero-order valence-electron chi connectivity index (χ0n) is 24.1. The molecule has 43 heavy (non-hydrogen) atoms. The Balaban J connectivity index is 1.50. The summed E-state index contributed by atoms with van der Waals surface area (Å²) in [5.74, 6) is -2.94. The van der Waals surface area contributed by atoms with Crippen molar-refractivity contribution < 1.29 is 34.2 Å². The molecule has 0 saturated carbocycles. The van der Waals surface area contributed by atoms with Crippen molar-refractivity contribution in [2.24, 2.45) is 5.73 Å². The summed E-state index contributed by atoms with van der Waals surface area (Å²) in [6, 6.07) is 11.8. The van der Waals surface area contributed by atoms with E-state index in [0.29, 0.717) is 32.2 Å². The average Bonchev–Trinajstić information content (AvgIpc) is 3.63. The van der Waals surface area contributed by atoms with E-state index >= 15 is 0 Å². The number of phenols is 1. The maximum absolute atomic E-state index is 13.9. The molecular formula is C31H39N5O7. The Labute approximate surface area is 250 Å². The Morgan fingerprint density at radius 3 is 2.23 bits per heavy atom. The van der Waals surface area contributed by atoms with Crippen LogP contribution >= 0.6 is 0 Å². The molecule has 5 atom stereocenters. The highest BCUT2D eigenvalue weighted by molar-refractivity contribution is 5.96. The lowest BCUT2D eigenvalue weighted by molar-refractivity contribution is -0.144. The van der Waals surface area contributed by atoms with Crippen LogP contribution in [-0.4, -0.2) is 92.9 Å². The number of likely N-dealkylation sites (tertiary alicyclic amines) is 2. The first-order valence-corrected chi connectivity index (χ1v) is 14.5. The fourth-order valence-corrected chi connectivity index (χ4v) is 5.88. The second kappa shape index (κ2) is 14.1. The summed E-state index contributed by atoms with van der Waals surface area (Å²) < 4.78 is 0. The van der Waals surface area contributed by atoms with E-state index in [1.54, 1.807) is 12.1 Å². The molecule has 2 aromatic rings. The Kier molecular flexibility index (Phi) is 10.4. The smallest absolute Gasteiger partial charge is 0.322 e. The molecule has 0 aromatic heterocycles. The van der Waals surface area contributed by atoms with Gasteiger partial charge in [-0.25, -0.2) is 0 Å². The van der Waals surface area contributed by atoms with E-state index in [1.807, 2.05) is 37.3 Å². The summed E-state index contributed by atoms with van der Waals surface area (Å²) in [4.78, 5) is 67.7. The van der Waals surface area contributed by atoms with Gasteiger partial charge in [-0.2, -0.15) is 0 Å². The standard InChI is InChI=1S/C31H39N5O7/c1-19-9-14-26(36(19)30(42)23(32)16-21-10-12-22(37)13-11-21)29(41)34-24(17-20-6-3-2-4-7-20)31(43)35-15-5-8-25(35)28(40)33-18-27(38)39/h2-4,6-7,10-13,19,23-26,37H,5,8-9,14-18,32H2,1H3,(H,33,40)(H,34,41)(H,38,39)/t19-,23+,24+,25+,26+/m1/s1. The summed E-state index contributed by atoms with van der Waals surface area (Å²) in [7, 11) is 0. The van der Waals surface area contributed by atoms with Crippen LogP contribution in [0.2, 0.25) is 0 Å². The lowest BCUT2D eigenvalue weighted by atomic mass is 10.0. The summed E-state index contributed by atoms with van der Waals surface area (Å²) in [6.07, 6.45) is 2.33. The highest BCUT2D eigenvalue weighted by Crippen LogP contribution is 2.26. The fourth-order valence-electron chi connectivity index (χ4n) is 5.88. The van der Waals surface area contributed by atoms with Crippen LogP contribution in [0, 0.1) is 0 Å². The molecule has 2 aliphatic heterocycles. The number of aromatic hydroxyl groups is 1. The molecule has 2 fully saturated rings. The Morgan fingerprint density at radius 1 is 0.884 bits per heavy atom. The van der Waals surface area contributed by atoms with Crippen LogP contribution in [0.4, 0.5) is 0 Å². The van der Waals surface area contributed by atoms with Crippen molar-refractivity contribution in [3.8, 4) is 5.75 Å². The number of carboxylic acid groups (broad SMARTS) is 1. The van der Waals surface area contributed by atoms with Crippen molar-refractivity contribution in [1.82, 2.24) is 20.4 Å². The van der Waals surface area contributed by atoms with E-state index in [4.69, 9.17) is 10.8 Å². The van der Waals surface area contributed by atoms with Gasteiger partial charge in [-0.05, 0) is 62.3 Å². The number of carbonyl (C=O) groups excluding carboxylic acids is 4. The Morgan fingerprint density at radius 2 is 1.56 bits per heavy atom. The number of hydrogen-bond donors (Lipinski definition) is 5. The number of carboxylic acids is 1. The number of benzene rings is 2. The molecule has 0 bridgehead atoms. The largest absolute Gasteiger partial charge is 0.508 e. The zero-order valence-corrected chi connectivity index (χ0v) is 24.1. The summed E-state index contributed by atoms with van der Waals surface area (Å²) in [5.41, 5.74) is 7.86. The summed E-state index contributed by atoms with van der Waals surface area (Å²) in [5, 5.41) is 23.7. The van der Waals surface area contributed by atoms with Crippen LogP contribution in [-0.2, 0) is 36.8 Å². The van der Waals surface area contributed by atoms with Gasteiger partial charge in [-0.1, -0.05) is 42.5 Å². The molecule has 0 unspecified atom stereocenters. The lowest BCUT2D eigenvalue weighted by Gasteiger charge is -2.33. The van der Waals surface area contributed by atoms with Crippen LogP contribution in [0.25, 0.3) is 0 Å². The zero-order chi connectivity index (χ0) is 31.1. The van der Waals surface area contributed by atoms with Crippen LogP contribution in [0.3, 0.4) is 0 Å². The molecular weight excluding hydrogens is 554 g/mol. The van der Waals surface area contributed by atoms with Crippen LogP contribution < -0.4 is 16.4 Å². The third-order valence-corrected chi connectivity index (χ3v) is 8.08. The number of hydrogen-bond acceptors (Lipinski definition) is 7. The first-order valence-electron chi connectivity index (χ1n) is 14.5. The van der Waals surface area contributed by atoms with Crippen molar-refractivity contribution in [3.05, 3.63) is 65.7 Å². The quantitative estimate of drug-likeness (QED) is 0.250. The van der Waals surface area contributed by atoms with Crippen molar-refractivity contribution in [2.75, 3.05) is 13.1 Å². The van der Waals surface area contributed by atoms with Gasteiger partial charge in [-0.3, -0.25) is 24.0 Å². The lowest BCUT2D eigenvalue weighted by Crippen LogP contribution is -2.58. The van der Waals surface area contributed by atoms with Gasteiger partial charge in [-0.15, -0.1) is 0 Å². The van der Waals surface area contributed by atoms with Crippen LogP contribution in [0.1, 0.15) is 43.7 Å². The van der Waals surface area contributed by atoms with Crippen molar-refractivity contribution in [2.45, 2.75) is 75.7 Å². The maximum atomic E-state index is 13.9. The van der Waals surface area contributed by atoms with E-state index in [9.17, 15) is 29.1 Å². The van der Waals surface area contributed by atoms with Gasteiger partial charge >= 0.3 is 5.97 Å². The minimum Gasteiger partial charge on any atom is -0.508 e. The highest BCUT2D eigenvalue weighted by atomic mass is 16.4. The van der Waals surface area contributed by atoms with Gasteiger partial charge < -0.3 is 36.4 Å². The number of phenolic OH excluding ortho intramolecular Hbond substituents is 1. The molecule has 4 rings (SSSR count). The average molecular weight is 594 g/mol. The normalized spacial score (nSPS) is 21.2. The number of nitrogens with one attached hydrogen (secondary N) is 2. The van der Waals surface area contributed by atoms with Crippen LogP contribution in [0.15, 0.2) is 54.6 Å². The number of nitrogens with zero attached hydrogens (tertiary/aromatic N) is 2. The molecule has 4 amide bonds. The minimum absolute atomic E-state index is 0.106. The molecule has 0 spiro atoms. The van der Waals surface area contributed by atoms with Gasteiger partial charge in [0.15, 0.2) is 0 Å². The SMILES string of the molecule is C[C@@H]1CC[C@@H](C(=O)N[C@@H](Cc2ccccc2)C(=O)N2CCC[C@H]2C(=O)NCC(=O)O)N1C(=O)[C@@H](N)Cc1ccc(O)cc1. The highest BCUT2D eigenvalue weighted by Gasteiger charge is 2.43. The van der Waals surface area contributed by atoms with Crippen molar-refractivity contribution in [1.29, 1.82) is 0 Å². The van der Waals surface area contributed by atoms with Gasteiger partial charge in [0, 0.05) is 19.0 Å². The first kappa shape index (κ1) is 31.5. The fraction of sp³-hybridized carbons (Fsp3) is 0.452. The number of rotatable bonds is 11. The molecule has 0 aliphatic carbocycles. The second-order valence-corrected chi connectivity index (χ2v) is 11.2. The topological polar surface area (TPSA) is 182 Å². The first-order chi connectivity index (χ1) is 20.5. The molecule has 6 N–H and O–H groups in total. The minimum atomic E-state index is -1.19. The third-order valence-electron chi connectivity index (χ3n) is 8.08. The monoisotopic (exact) mass is 593 g/mol. The maximum Gasteiger partial charge on any atom is 0.322 e. The van der Waals surface area contributed by atoms with Crippen LogP contribution in [0.5, 0.6) is 5.75 Å². The van der Waals surface area contributed by atoms with E-state index in [-0.39, 0.29) is 30.5 Å². The number of nitrogens with two attached hydrogens (primary N) is 1. The second-order valence-electron chi connectivity index (χ2n) is 11.2. The number of amides is 4. The molecule has 2 saturated heterocycles. The third kappa shape index (κ3) is 7.89. The van der Waals surface area contributed by atoms with E-state index < -0.39 is 54.4 Å². The van der Waals surface area contributed by atoms with Gasteiger partial charge in [0.1, 0.15) is 30.4 Å². The van der Waals surface area contributed by atoms with Crippen molar-refractivity contribution in [3.63, 3.8) is 0 Å². The van der Waals surface area contributed by atoms with E-state index in [0.717, 1.165) is 11.1 Å². The Hall–Kier alpha value is -4.45. The summed E-state index contributed by atoms with van der Waals surface area (Å²) in [6.45, 7) is 1.60.